The molecule has 0 aliphatic carbocycles. The Kier molecular flexibility index (Phi) is 7.75. The number of nitrogens with zero attached hydrogens (tertiary/aromatic N) is 5. The molecule has 3 aromatic rings. The van der Waals surface area contributed by atoms with Gasteiger partial charge in [0.15, 0.2) is 16.8 Å². The number of amides is 1. The molecule has 1 saturated heterocycles. The number of alkyl halides is 3. The Morgan fingerprint density at radius 3 is 2.51 bits per heavy atom. The molecule has 0 bridgehead atoms. The Balaban J connectivity index is 1.46. The fourth-order valence-electron chi connectivity index (χ4n) is 6.00. The summed E-state index contributed by atoms with van der Waals surface area (Å²) >= 11 is 6.18. The van der Waals surface area contributed by atoms with E-state index in [2.05, 4.69) is 17.0 Å². The first-order chi connectivity index (χ1) is 19.2. The van der Waals surface area contributed by atoms with E-state index in [0.29, 0.717) is 41.0 Å². The van der Waals surface area contributed by atoms with E-state index in [1.54, 1.807) is 36.0 Å². The van der Waals surface area contributed by atoms with Gasteiger partial charge >= 0.3 is 6.18 Å². The van der Waals surface area contributed by atoms with Gasteiger partial charge in [-0.05, 0) is 37.0 Å². The summed E-state index contributed by atoms with van der Waals surface area (Å²) < 4.78 is 73.7. The fraction of sp³-hybridized carbons (Fsp3) is 0.519. The van der Waals surface area contributed by atoms with Gasteiger partial charge in [-0.25, -0.2) is 17.9 Å². The maximum atomic E-state index is 14.3. The molecule has 2 aliphatic rings. The average molecular weight is 614 g/mol. The van der Waals surface area contributed by atoms with Gasteiger partial charge < -0.3 is 14.5 Å². The van der Waals surface area contributed by atoms with E-state index in [4.69, 9.17) is 16.3 Å². The molecule has 0 unspecified atom stereocenters. The quantitative estimate of drug-likeness (QED) is 0.397. The zero-order chi connectivity index (χ0) is 29.7. The summed E-state index contributed by atoms with van der Waals surface area (Å²) in [5, 5.41) is 4.71. The number of carbonyl (C=O) groups excluding carboxylic acids is 1. The largest absolute Gasteiger partial charge is 0.413 e. The van der Waals surface area contributed by atoms with Gasteiger partial charge in [-0.1, -0.05) is 30.7 Å². The van der Waals surface area contributed by atoms with E-state index in [-0.39, 0.29) is 29.9 Å². The molecular formula is C27H31ClF3N5O4S. The average Bonchev–Trinajstić information content (AvgIpc) is 3.28. The highest BCUT2D eigenvalue weighted by Gasteiger charge is 2.47. The number of ether oxygens (including phenoxy) is 1. The maximum absolute atomic E-state index is 14.3. The number of fused-ring (bicyclic) bond motifs is 3. The topological polar surface area (TPSA) is 97.1 Å². The molecule has 0 spiro atoms. The van der Waals surface area contributed by atoms with E-state index >= 15 is 0 Å². The molecule has 9 nitrogen and oxygen atoms in total. The number of halogens is 4. The highest BCUT2D eigenvalue weighted by atomic mass is 35.5. The normalized spacial score (nSPS) is 22.0. The number of aromatic nitrogens is 3. The third kappa shape index (κ3) is 5.63. The molecule has 0 N–H and O–H groups in total. The van der Waals surface area contributed by atoms with Crippen LogP contribution < -0.4 is 4.90 Å². The lowest BCUT2D eigenvalue weighted by atomic mass is 9.80. The van der Waals surface area contributed by atoms with Crippen molar-refractivity contribution in [3.05, 3.63) is 52.9 Å². The number of carbonyl (C=O) groups is 1. The number of anilines is 2. The Bertz CT molecular complexity index is 1550. The van der Waals surface area contributed by atoms with Crippen LogP contribution in [0.15, 0.2) is 36.5 Å². The van der Waals surface area contributed by atoms with Crippen molar-refractivity contribution in [1.29, 1.82) is 0 Å². The Labute approximate surface area is 241 Å². The van der Waals surface area contributed by atoms with Crippen molar-refractivity contribution in [1.82, 2.24) is 19.5 Å². The summed E-state index contributed by atoms with van der Waals surface area (Å²) in [6, 6.07) is 5.44. The molecule has 2 aliphatic heterocycles. The van der Waals surface area contributed by atoms with Gasteiger partial charge in [0.25, 0.3) is 0 Å². The van der Waals surface area contributed by atoms with Crippen LogP contribution in [0, 0.1) is 5.92 Å². The summed E-state index contributed by atoms with van der Waals surface area (Å²) in [4.78, 5) is 20.2. The minimum atomic E-state index is -4.73. The fourth-order valence-corrected chi connectivity index (χ4v) is 7.67. The van der Waals surface area contributed by atoms with Gasteiger partial charge in [0, 0.05) is 43.8 Å². The van der Waals surface area contributed by atoms with Crippen LogP contribution in [-0.4, -0.2) is 78.8 Å². The summed E-state index contributed by atoms with van der Waals surface area (Å²) in [6.45, 7) is 3.04. The van der Waals surface area contributed by atoms with Crippen molar-refractivity contribution in [2.24, 2.45) is 5.92 Å². The number of hydrogen-bond acceptors (Lipinski definition) is 7. The van der Waals surface area contributed by atoms with E-state index in [0.717, 1.165) is 18.4 Å². The van der Waals surface area contributed by atoms with E-state index < -0.39 is 39.3 Å². The number of sulfone groups is 1. The van der Waals surface area contributed by atoms with Crippen molar-refractivity contribution >= 4 is 44.4 Å². The number of benzene rings is 1. The minimum absolute atomic E-state index is 0.0220. The third-order valence-corrected chi connectivity index (χ3v) is 10.0. The first kappa shape index (κ1) is 29.6. The monoisotopic (exact) mass is 613 g/mol. The Morgan fingerprint density at radius 1 is 1.24 bits per heavy atom. The lowest BCUT2D eigenvalue weighted by Crippen LogP contribution is -2.44. The number of hydrogen-bond donors (Lipinski definition) is 0. The van der Waals surface area contributed by atoms with Crippen LogP contribution >= 0.6 is 11.6 Å². The molecule has 14 heteroatoms. The van der Waals surface area contributed by atoms with Gasteiger partial charge in [-0.3, -0.25) is 4.79 Å². The molecule has 2 atom stereocenters. The number of rotatable bonds is 6. The first-order valence-electron chi connectivity index (χ1n) is 13.2. The van der Waals surface area contributed by atoms with Crippen LogP contribution in [0.4, 0.5) is 24.5 Å². The molecule has 0 saturated carbocycles. The van der Waals surface area contributed by atoms with E-state index in [9.17, 15) is 26.4 Å². The summed E-state index contributed by atoms with van der Waals surface area (Å²) in [7, 11) is -0.505. The second-order valence-electron chi connectivity index (χ2n) is 11.0. The molecule has 5 rings (SSSR count). The van der Waals surface area contributed by atoms with Gasteiger partial charge in [0.05, 0.1) is 35.7 Å². The van der Waals surface area contributed by atoms with Gasteiger partial charge in [0.2, 0.25) is 5.91 Å². The SMILES string of the molecule is COC[C@@]1(C)CCN(c2ccc([C@H](N(C)C(=O)C3CCS(=O)(=O)CC3)C(F)(F)F)cc2)c2cnc3cc(Cl)nn3c21. The van der Waals surface area contributed by atoms with Crippen LogP contribution in [0.5, 0.6) is 0 Å². The molecular weight excluding hydrogens is 583 g/mol. The highest BCUT2D eigenvalue weighted by molar-refractivity contribution is 7.91. The van der Waals surface area contributed by atoms with Gasteiger partial charge in [-0.2, -0.15) is 18.3 Å². The van der Waals surface area contributed by atoms with E-state index in [1.807, 2.05) is 4.90 Å². The maximum Gasteiger partial charge on any atom is 0.413 e. The summed E-state index contributed by atoms with van der Waals surface area (Å²) in [6.07, 6.45) is -2.31. The third-order valence-electron chi connectivity index (χ3n) is 8.12. The lowest BCUT2D eigenvalue weighted by Gasteiger charge is -2.41. The molecule has 1 aromatic carbocycles. The van der Waals surface area contributed by atoms with Crippen LogP contribution in [0.1, 0.15) is 43.5 Å². The van der Waals surface area contributed by atoms with Crippen molar-refractivity contribution in [2.45, 2.75) is 43.8 Å². The lowest BCUT2D eigenvalue weighted by molar-refractivity contribution is -0.190. The molecule has 1 amide bonds. The standard InChI is InChI=1S/C27H31ClF3N5O4S/c1-26(16-40-3)10-11-35(20-15-32-22-14-21(28)33-36(22)24(20)26)19-6-4-17(5-7-19)23(27(29,30)31)34(2)25(37)18-8-12-41(38,39)13-9-18/h4-7,14-15,18,23H,8-13,16H2,1-3H3/t23-,26+/m0/s1. The van der Waals surface area contributed by atoms with E-state index in [1.165, 1.54) is 12.1 Å². The van der Waals surface area contributed by atoms with Crippen LogP contribution in [-0.2, 0) is 24.8 Å². The molecule has 1 fully saturated rings. The highest BCUT2D eigenvalue weighted by Crippen LogP contribution is 2.44. The Hall–Kier alpha value is -2.90. The van der Waals surface area contributed by atoms with Crippen molar-refractivity contribution < 1.29 is 31.1 Å². The summed E-state index contributed by atoms with van der Waals surface area (Å²) in [5.41, 5.74) is 2.29. The molecule has 222 valence electrons. The van der Waals surface area contributed by atoms with Crippen LogP contribution in [0.3, 0.4) is 0 Å². The predicted octanol–water partition coefficient (Wildman–Crippen LogP) is 4.72. The van der Waals surface area contributed by atoms with Gasteiger partial charge in [-0.15, -0.1) is 0 Å². The smallest absolute Gasteiger partial charge is 0.384 e. The van der Waals surface area contributed by atoms with Gasteiger partial charge in [0.1, 0.15) is 9.84 Å². The second-order valence-corrected chi connectivity index (χ2v) is 13.7. The minimum Gasteiger partial charge on any atom is -0.384 e. The van der Waals surface area contributed by atoms with Crippen LogP contribution in [0.2, 0.25) is 5.15 Å². The molecule has 4 heterocycles. The predicted molar refractivity (Wildman–Crippen MR) is 148 cm³/mol. The van der Waals surface area contributed by atoms with Crippen molar-refractivity contribution in [3.63, 3.8) is 0 Å². The number of methoxy groups -OCH3 is 1. The first-order valence-corrected chi connectivity index (χ1v) is 15.4. The zero-order valence-electron chi connectivity index (χ0n) is 22.9. The second kappa shape index (κ2) is 10.7. The summed E-state index contributed by atoms with van der Waals surface area (Å²) in [5.74, 6) is -1.87. The van der Waals surface area contributed by atoms with Crippen molar-refractivity contribution in [3.8, 4) is 0 Å². The molecule has 2 aromatic heterocycles. The van der Waals surface area contributed by atoms with Crippen molar-refractivity contribution in [2.75, 3.05) is 43.7 Å². The zero-order valence-corrected chi connectivity index (χ0v) is 24.4. The molecule has 41 heavy (non-hydrogen) atoms. The van der Waals surface area contributed by atoms with Crippen LogP contribution in [0.25, 0.3) is 5.65 Å². The Morgan fingerprint density at radius 2 is 1.90 bits per heavy atom. The molecule has 0 radical (unpaired) electrons.